The fraction of sp³-hybridized carbons (Fsp3) is 0.237. The van der Waals surface area contributed by atoms with Crippen molar-refractivity contribution in [1.82, 2.24) is 0 Å². The SMILES string of the molecule is CCC(Sc1cccc(NC(=O)N2c3ccccc3SC3C=CC=CC32)c1)C(=O)Nc1sc2c(c1C#N)CCC(c1ccccc1)C2. The lowest BCUT2D eigenvalue weighted by Crippen LogP contribution is -2.49. The van der Waals surface area contributed by atoms with Gasteiger partial charge in [0, 0.05) is 20.4 Å². The van der Waals surface area contributed by atoms with Gasteiger partial charge < -0.3 is 10.6 Å². The number of rotatable bonds is 7. The molecule has 4 atom stereocenters. The number of carbonyl (C=O) groups is 2. The highest BCUT2D eigenvalue weighted by atomic mass is 32.2. The molecule has 4 unspecified atom stereocenters. The number of thioether (sulfide) groups is 2. The molecule has 7 rings (SSSR count). The normalized spacial score (nSPS) is 19.9. The first kappa shape index (κ1) is 31.4. The van der Waals surface area contributed by atoms with Gasteiger partial charge >= 0.3 is 6.03 Å². The number of urea groups is 1. The minimum absolute atomic E-state index is 0.0870. The number of hydrogen-bond donors (Lipinski definition) is 2. The van der Waals surface area contributed by atoms with Crippen LogP contribution in [-0.2, 0) is 17.6 Å². The van der Waals surface area contributed by atoms with Crippen LogP contribution in [0.4, 0.5) is 21.2 Å². The molecule has 3 aliphatic rings. The van der Waals surface area contributed by atoms with Crippen LogP contribution in [-0.4, -0.2) is 28.5 Å². The van der Waals surface area contributed by atoms with E-state index in [1.807, 2.05) is 72.5 Å². The van der Waals surface area contributed by atoms with Crippen LogP contribution in [0.3, 0.4) is 0 Å². The summed E-state index contributed by atoms with van der Waals surface area (Å²) in [4.78, 5) is 32.4. The van der Waals surface area contributed by atoms with E-state index in [0.29, 0.717) is 28.6 Å². The third-order valence-corrected chi connectivity index (χ3v) is 12.7. The van der Waals surface area contributed by atoms with Gasteiger partial charge in [0.05, 0.1) is 27.8 Å². The maximum absolute atomic E-state index is 13.8. The summed E-state index contributed by atoms with van der Waals surface area (Å²) in [7, 11) is 0. The molecule has 9 heteroatoms. The molecule has 1 aliphatic heterocycles. The average Bonchev–Trinajstić information content (AvgIpc) is 3.45. The van der Waals surface area contributed by atoms with Gasteiger partial charge in [0.2, 0.25) is 5.91 Å². The molecule has 3 amide bonds. The molecule has 0 saturated carbocycles. The lowest BCUT2D eigenvalue weighted by atomic mass is 9.83. The fourth-order valence-corrected chi connectivity index (χ4v) is 10.1. The van der Waals surface area contributed by atoms with Crippen LogP contribution >= 0.6 is 34.9 Å². The first-order chi connectivity index (χ1) is 23.0. The molecular formula is C38H34N4O2S3. The van der Waals surface area contributed by atoms with Gasteiger partial charge in [0.25, 0.3) is 0 Å². The van der Waals surface area contributed by atoms with Crippen LogP contribution in [0.25, 0.3) is 0 Å². The molecule has 2 N–H and O–H groups in total. The second-order valence-corrected chi connectivity index (χ2v) is 15.4. The van der Waals surface area contributed by atoms with Crippen LogP contribution in [0.5, 0.6) is 0 Å². The van der Waals surface area contributed by atoms with Crippen molar-refractivity contribution in [3.63, 3.8) is 0 Å². The summed E-state index contributed by atoms with van der Waals surface area (Å²) in [6.45, 7) is 1.99. The van der Waals surface area contributed by atoms with E-state index in [1.54, 1.807) is 23.1 Å². The van der Waals surface area contributed by atoms with Crippen LogP contribution < -0.4 is 15.5 Å². The summed E-state index contributed by atoms with van der Waals surface area (Å²) < 4.78 is 0. The first-order valence-corrected chi connectivity index (χ1v) is 18.5. The number of hydrogen-bond acceptors (Lipinski definition) is 6. The molecule has 1 aromatic heterocycles. The van der Waals surface area contributed by atoms with Crippen molar-refractivity contribution in [3.8, 4) is 6.07 Å². The highest BCUT2D eigenvalue weighted by Gasteiger charge is 2.37. The molecule has 2 heterocycles. The Hall–Kier alpha value is -4.23. The van der Waals surface area contributed by atoms with Crippen LogP contribution in [0.2, 0.25) is 0 Å². The highest BCUT2D eigenvalue weighted by molar-refractivity contribution is 8.00. The molecule has 4 aromatic rings. The molecule has 6 nitrogen and oxygen atoms in total. The van der Waals surface area contributed by atoms with Gasteiger partial charge in [-0.3, -0.25) is 9.69 Å². The zero-order chi connectivity index (χ0) is 32.3. The number of fused-ring (bicyclic) bond motifs is 3. The third kappa shape index (κ3) is 6.51. The number of anilines is 3. The van der Waals surface area contributed by atoms with E-state index >= 15 is 0 Å². The Morgan fingerprint density at radius 3 is 2.66 bits per heavy atom. The van der Waals surface area contributed by atoms with E-state index in [4.69, 9.17) is 0 Å². The van der Waals surface area contributed by atoms with Crippen molar-refractivity contribution in [2.45, 2.75) is 64.9 Å². The molecule has 0 radical (unpaired) electrons. The van der Waals surface area contributed by atoms with Crippen LogP contribution in [0.15, 0.2) is 113 Å². The van der Waals surface area contributed by atoms with Crippen LogP contribution in [0, 0.1) is 11.3 Å². The van der Waals surface area contributed by atoms with Gasteiger partial charge in [-0.05, 0) is 73.1 Å². The number of nitrogens with one attached hydrogen (secondary N) is 2. The number of benzene rings is 3. The van der Waals surface area contributed by atoms with Gasteiger partial charge in [-0.2, -0.15) is 5.26 Å². The van der Waals surface area contributed by atoms with Gasteiger partial charge in [-0.1, -0.05) is 79.8 Å². The Morgan fingerprint density at radius 2 is 1.83 bits per heavy atom. The highest BCUT2D eigenvalue weighted by Crippen LogP contribution is 2.44. The zero-order valence-corrected chi connectivity index (χ0v) is 28.3. The Balaban J connectivity index is 1.04. The second-order valence-electron chi connectivity index (χ2n) is 11.8. The second kappa shape index (κ2) is 13.9. The lowest BCUT2D eigenvalue weighted by Gasteiger charge is -2.40. The molecule has 0 bridgehead atoms. The molecule has 0 saturated heterocycles. The molecule has 2 aliphatic carbocycles. The van der Waals surface area contributed by atoms with Crippen molar-refractivity contribution in [1.29, 1.82) is 5.26 Å². The maximum atomic E-state index is 13.8. The molecule has 236 valence electrons. The van der Waals surface area contributed by atoms with E-state index in [2.05, 4.69) is 59.2 Å². The summed E-state index contributed by atoms with van der Waals surface area (Å²) >= 11 is 4.79. The monoisotopic (exact) mass is 674 g/mol. The van der Waals surface area contributed by atoms with Crippen molar-refractivity contribution >= 4 is 63.2 Å². The third-order valence-electron chi connectivity index (χ3n) is 8.87. The molecule has 0 fully saturated rings. The number of thiophene rings is 1. The first-order valence-electron chi connectivity index (χ1n) is 15.9. The molecule has 3 aromatic carbocycles. The largest absolute Gasteiger partial charge is 0.326 e. The summed E-state index contributed by atoms with van der Waals surface area (Å²) in [5.41, 5.74) is 4.58. The lowest BCUT2D eigenvalue weighted by molar-refractivity contribution is -0.115. The van der Waals surface area contributed by atoms with Gasteiger partial charge in [0.1, 0.15) is 11.1 Å². The number of nitriles is 1. The fourth-order valence-electron chi connectivity index (χ4n) is 6.54. The number of amides is 3. The van der Waals surface area contributed by atoms with E-state index in [0.717, 1.165) is 40.3 Å². The standard InChI is InChI=1S/C38H34N4O2S3/c1-2-32(36(43)41-37-29(23-39)28-20-19-25(21-35(28)47-37)24-11-4-3-5-12-24)45-27-14-10-13-26(22-27)40-38(44)42-30-15-6-8-17-33(30)46-34-18-9-7-16-31(34)42/h3-18,22,25,30,32-33H,2,19-21H2,1H3,(H,40,44)(H,41,43). The van der Waals surface area contributed by atoms with E-state index < -0.39 is 0 Å². The number of para-hydroxylation sites is 1. The average molecular weight is 675 g/mol. The van der Waals surface area contributed by atoms with Gasteiger partial charge in [-0.15, -0.1) is 34.9 Å². The van der Waals surface area contributed by atoms with Gasteiger partial charge in [-0.25, -0.2) is 4.79 Å². The van der Waals surface area contributed by atoms with E-state index in [1.165, 1.54) is 22.2 Å². The van der Waals surface area contributed by atoms with Crippen molar-refractivity contribution in [2.75, 3.05) is 15.5 Å². The Kier molecular flexibility index (Phi) is 9.25. The minimum Gasteiger partial charge on any atom is -0.316 e. The quantitative estimate of drug-likeness (QED) is 0.191. The van der Waals surface area contributed by atoms with Crippen molar-refractivity contribution < 1.29 is 9.59 Å². The maximum Gasteiger partial charge on any atom is 0.326 e. The van der Waals surface area contributed by atoms with Crippen molar-refractivity contribution in [2.24, 2.45) is 0 Å². The predicted molar refractivity (Wildman–Crippen MR) is 195 cm³/mol. The minimum atomic E-state index is -0.366. The molecule has 0 spiro atoms. The topological polar surface area (TPSA) is 85.2 Å². The zero-order valence-electron chi connectivity index (χ0n) is 25.9. The Bertz CT molecular complexity index is 1910. The number of nitrogens with zero attached hydrogens (tertiary/aromatic N) is 2. The predicted octanol–water partition coefficient (Wildman–Crippen LogP) is 9.41. The van der Waals surface area contributed by atoms with E-state index in [-0.39, 0.29) is 28.5 Å². The summed E-state index contributed by atoms with van der Waals surface area (Å²) in [6, 6.07) is 28.3. The summed E-state index contributed by atoms with van der Waals surface area (Å²) in [5.74, 6) is 0.303. The number of carbonyl (C=O) groups excluding carboxylic acids is 2. The van der Waals surface area contributed by atoms with Gasteiger partial charge in [0.15, 0.2) is 0 Å². The van der Waals surface area contributed by atoms with E-state index in [9.17, 15) is 14.9 Å². The molecule has 47 heavy (non-hydrogen) atoms. The number of allylic oxidation sites excluding steroid dienone is 2. The van der Waals surface area contributed by atoms with Crippen molar-refractivity contribution in [3.05, 3.63) is 125 Å². The smallest absolute Gasteiger partial charge is 0.316 e. The summed E-state index contributed by atoms with van der Waals surface area (Å²) in [5, 5.41) is 16.7. The molecular weight excluding hydrogens is 641 g/mol. The summed E-state index contributed by atoms with van der Waals surface area (Å²) in [6.07, 6.45) is 11.6. The van der Waals surface area contributed by atoms with Crippen LogP contribution in [0.1, 0.15) is 47.3 Å². The Labute approximate surface area is 288 Å². The Morgan fingerprint density at radius 1 is 1.02 bits per heavy atom.